The molecule has 1 atom stereocenters. The molecule has 0 saturated carbocycles. The predicted molar refractivity (Wildman–Crippen MR) is 119 cm³/mol. The largest absolute Gasteiger partial charge is 0.497 e. The van der Waals surface area contributed by atoms with Gasteiger partial charge in [-0.25, -0.2) is 0 Å². The molecular formula is C24H24N4O4. The van der Waals surface area contributed by atoms with Gasteiger partial charge in [0.15, 0.2) is 5.78 Å². The third kappa shape index (κ3) is 3.61. The van der Waals surface area contributed by atoms with E-state index in [4.69, 9.17) is 4.74 Å². The van der Waals surface area contributed by atoms with Crippen LogP contribution in [0, 0.1) is 0 Å². The molecule has 0 bridgehead atoms. The number of nitrogens with zero attached hydrogens (tertiary/aromatic N) is 3. The van der Waals surface area contributed by atoms with Crippen LogP contribution in [0.4, 0.5) is 5.69 Å². The fourth-order valence-corrected chi connectivity index (χ4v) is 4.53. The zero-order valence-corrected chi connectivity index (χ0v) is 17.7. The Kier molecular flexibility index (Phi) is 5.32. The maximum atomic E-state index is 13.4. The number of ether oxygens (including phenoxy) is 1. The Balaban J connectivity index is 1.39. The number of methoxy groups -OCH3 is 1. The third-order valence-electron chi connectivity index (χ3n) is 6.23. The number of azo groups is 1. The summed E-state index contributed by atoms with van der Waals surface area (Å²) in [7, 11) is 1.60. The summed E-state index contributed by atoms with van der Waals surface area (Å²) < 4.78 is 5.21. The van der Waals surface area contributed by atoms with Gasteiger partial charge in [-0.05, 0) is 48.7 Å². The molecule has 32 heavy (non-hydrogen) atoms. The van der Waals surface area contributed by atoms with Crippen LogP contribution in [0.3, 0.4) is 0 Å². The van der Waals surface area contributed by atoms with Crippen molar-refractivity contribution >= 4 is 23.1 Å². The zero-order valence-electron chi connectivity index (χ0n) is 17.7. The Morgan fingerprint density at radius 3 is 2.66 bits per heavy atom. The second-order valence-corrected chi connectivity index (χ2v) is 8.26. The number of Topliss-reactive ketones (excluding diaryl/α,β-unsaturated/α-hetero) is 1. The van der Waals surface area contributed by atoms with Gasteiger partial charge in [0, 0.05) is 18.7 Å². The first kappa shape index (κ1) is 20.5. The Bertz CT molecular complexity index is 1130. The smallest absolute Gasteiger partial charge is 0.238 e. The molecule has 0 spiro atoms. The molecule has 1 unspecified atom stereocenters. The van der Waals surface area contributed by atoms with Crippen LogP contribution >= 0.6 is 0 Å². The highest BCUT2D eigenvalue weighted by Crippen LogP contribution is 2.49. The molecule has 2 aromatic carbocycles. The summed E-state index contributed by atoms with van der Waals surface area (Å²) in [5.74, 6) is 0.392. The summed E-state index contributed by atoms with van der Waals surface area (Å²) in [6, 6.07) is 12.3. The lowest BCUT2D eigenvalue weighted by atomic mass is 10.0. The van der Waals surface area contributed by atoms with E-state index in [1.165, 1.54) is 0 Å². The molecule has 0 aromatic heterocycles. The number of rotatable bonds is 5. The molecule has 3 aliphatic rings. The number of anilines is 1. The minimum absolute atomic E-state index is 0.155. The number of likely N-dealkylation sites (tertiary alicyclic amines) is 1. The number of benzene rings is 2. The van der Waals surface area contributed by atoms with Gasteiger partial charge in [0.05, 0.1) is 36.6 Å². The number of piperidine rings is 1. The number of nitrogens with one attached hydrogen (secondary N) is 1. The Labute approximate surface area is 185 Å². The molecule has 2 aromatic rings. The first-order valence-electron chi connectivity index (χ1n) is 10.7. The number of hydrogen-bond donors (Lipinski definition) is 2. The van der Waals surface area contributed by atoms with Crippen LogP contribution in [-0.4, -0.2) is 54.5 Å². The molecule has 8 nitrogen and oxygen atoms in total. The number of hydrogen-bond acceptors (Lipinski definition) is 7. The molecule has 1 aliphatic carbocycles. The second kappa shape index (κ2) is 8.29. The average molecular weight is 432 g/mol. The molecule has 2 heterocycles. The molecule has 1 fully saturated rings. The van der Waals surface area contributed by atoms with Crippen LogP contribution in [0.1, 0.15) is 40.4 Å². The van der Waals surface area contributed by atoms with Crippen LogP contribution in [0.5, 0.6) is 5.75 Å². The summed E-state index contributed by atoms with van der Waals surface area (Å²) in [6.45, 7) is 1.59. The Morgan fingerprint density at radius 1 is 1.19 bits per heavy atom. The summed E-state index contributed by atoms with van der Waals surface area (Å²) in [4.78, 5) is 28.1. The monoisotopic (exact) mass is 432 g/mol. The van der Waals surface area contributed by atoms with Gasteiger partial charge in [-0.3, -0.25) is 14.5 Å². The molecule has 0 radical (unpaired) electrons. The molecule has 164 valence electrons. The fraction of sp³-hybridized carbons (Fsp3) is 0.333. The number of ketones is 1. The van der Waals surface area contributed by atoms with Crippen molar-refractivity contribution in [2.45, 2.75) is 25.0 Å². The van der Waals surface area contributed by atoms with Gasteiger partial charge in [0.2, 0.25) is 5.91 Å². The van der Waals surface area contributed by atoms with Gasteiger partial charge in [-0.15, -0.1) is 0 Å². The number of aliphatic hydroxyl groups is 1. The van der Waals surface area contributed by atoms with Crippen molar-refractivity contribution in [3.8, 4) is 5.75 Å². The summed E-state index contributed by atoms with van der Waals surface area (Å²) in [6.07, 6.45) is 1.05. The summed E-state index contributed by atoms with van der Waals surface area (Å²) >= 11 is 0. The number of carbonyl (C=O) groups is 2. The highest BCUT2D eigenvalue weighted by Gasteiger charge is 2.42. The van der Waals surface area contributed by atoms with Gasteiger partial charge >= 0.3 is 0 Å². The SMILES string of the molecule is COc1ccc(C2=C3C(=O)c4c(NC(=O)CN5CCC(O)CC5)cccc4C3N=N2)cc1. The number of amides is 1. The van der Waals surface area contributed by atoms with Crippen molar-refractivity contribution in [1.82, 2.24) is 4.90 Å². The standard InChI is InChI=1S/C24H24N4O4/c1-32-16-7-5-14(6-8-16)22-21-23(27-26-22)17-3-2-4-18(20(17)24(21)31)25-19(30)13-28-11-9-15(29)10-12-28/h2-8,15,23,29H,9-13H2,1H3,(H,25,30). The maximum absolute atomic E-state index is 13.4. The van der Waals surface area contributed by atoms with Crippen LogP contribution in [0.15, 0.2) is 58.3 Å². The Morgan fingerprint density at radius 2 is 1.94 bits per heavy atom. The van der Waals surface area contributed by atoms with E-state index in [-0.39, 0.29) is 24.3 Å². The van der Waals surface area contributed by atoms with E-state index in [0.717, 1.165) is 16.9 Å². The molecular weight excluding hydrogens is 408 g/mol. The van der Waals surface area contributed by atoms with Crippen LogP contribution in [-0.2, 0) is 4.79 Å². The van der Waals surface area contributed by atoms with E-state index in [0.29, 0.717) is 48.5 Å². The van der Waals surface area contributed by atoms with E-state index in [9.17, 15) is 14.7 Å². The van der Waals surface area contributed by atoms with Gasteiger partial charge in [0.1, 0.15) is 17.5 Å². The second-order valence-electron chi connectivity index (χ2n) is 8.26. The molecule has 2 aliphatic heterocycles. The van der Waals surface area contributed by atoms with Gasteiger partial charge in [-0.1, -0.05) is 12.1 Å². The average Bonchev–Trinajstić information content (AvgIpc) is 3.36. The van der Waals surface area contributed by atoms with E-state index < -0.39 is 6.04 Å². The predicted octanol–water partition coefficient (Wildman–Crippen LogP) is 3.20. The first-order valence-corrected chi connectivity index (χ1v) is 10.7. The minimum atomic E-state index is -0.449. The van der Waals surface area contributed by atoms with Crippen LogP contribution in [0.25, 0.3) is 5.70 Å². The van der Waals surface area contributed by atoms with Crippen molar-refractivity contribution in [2.24, 2.45) is 10.2 Å². The van der Waals surface area contributed by atoms with E-state index >= 15 is 0 Å². The topological polar surface area (TPSA) is 104 Å². The summed E-state index contributed by atoms with van der Waals surface area (Å²) in [5, 5.41) is 21.2. The lowest BCUT2D eigenvalue weighted by Crippen LogP contribution is -2.40. The number of carbonyl (C=O) groups excluding carboxylic acids is 2. The third-order valence-corrected chi connectivity index (χ3v) is 6.23. The van der Waals surface area contributed by atoms with Gasteiger partial charge < -0.3 is 15.2 Å². The molecule has 1 amide bonds. The highest BCUT2D eigenvalue weighted by molar-refractivity contribution is 6.22. The zero-order chi connectivity index (χ0) is 22.2. The highest BCUT2D eigenvalue weighted by atomic mass is 16.5. The van der Waals surface area contributed by atoms with Crippen LogP contribution in [0.2, 0.25) is 0 Å². The van der Waals surface area contributed by atoms with Crippen LogP contribution < -0.4 is 10.1 Å². The molecule has 1 saturated heterocycles. The first-order chi connectivity index (χ1) is 15.5. The molecule has 8 heteroatoms. The van der Waals surface area contributed by atoms with Gasteiger partial charge in [-0.2, -0.15) is 10.2 Å². The number of fused-ring (bicyclic) bond motifs is 3. The quantitative estimate of drug-likeness (QED) is 0.755. The van der Waals surface area contributed by atoms with Crippen molar-refractivity contribution < 1.29 is 19.4 Å². The van der Waals surface area contributed by atoms with E-state index in [1.54, 1.807) is 13.2 Å². The lowest BCUT2D eigenvalue weighted by molar-refractivity contribution is -0.117. The van der Waals surface area contributed by atoms with Gasteiger partial charge in [0.25, 0.3) is 0 Å². The lowest BCUT2D eigenvalue weighted by Gasteiger charge is -2.28. The number of aliphatic hydroxyl groups excluding tert-OH is 1. The van der Waals surface area contributed by atoms with Crippen molar-refractivity contribution in [1.29, 1.82) is 0 Å². The normalized spacial score (nSPS) is 20.4. The van der Waals surface area contributed by atoms with E-state index in [2.05, 4.69) is 15.5 Å². The fourth-order valence-electron chi connectivity index (χ4n) is 4.53. The van der Waals surface area contributed by atoms with E-state index in [1.807, 2.05) is 41.3 Å². The minimum Gasteiger partial charge on any atom is -0.497 e. The maximum Gasteiger partial charge on any atom is 0.238 e. The van der Waals surface area contributed by atoms with Crippen molar-refractivity contribution in [3.63, 3.8) is 0 Å². The summed E-state index contributed by atoms with van der Waals surface area (Å²) in [5.41, 5.74) is 3.64. The van der Waals surface area contributed by atoms with Crippen molar-refractivity contribution in [2.75, 3.05) is 32.1 Å². The molecule has 5 rings (SSSR count). The Hall–Kier alpha value is -3.36. The molecule has 2 N–H and O–H groups in total. The van der Waals surface area contributed by atoms with Crippen molar-refractivity contribution in [3.05, 3.63) is 64.7 Å².